The molecule has 0 radical (unpaired) electrons. The van der Waals surface area contributed by atoms with Crippen LogP contribution in [0.3, 0.4) is 0 Å². The fourth-order valence-corrected chi connectivity index (χ4v) is 2.10. The van der Waals surface area contributed by atoms with Gasteiger partial charge in [-0.05, 0) is 26.0 Å². The molecular weight excluding hydrogens is 256 g/mol. The van der Waals surface area contributed by atoms with Crippen LogP contribution in [0.4, 0.5) is 0 Å². The molecule has 0 saturated heterocycles. The fraction of sp³-hybridized carbons (Fsp3) is 0.214. The van der Waals surface area contributed by atoms with Crippen molar-refractivity contribution in [2.45, 2.75) is 20.4 Å². The van der Waals surface area contributed by atoms with Gasteiger partial charge in [-0.2, -0.15) is 5.10 Å². The highest BCUT2D eigenvalue weighted by Gasteiger charge is 2.12. The molecule has 6 nitrogen and oxygen atoms in total. The summed E-state index contributed by atoms with van der Waals surface area (Å²) in [5, 5.41) is 14.5. The molecule has 6 heteroatoms. The lowest BCUT2D eigenvalue weighted by Gasteiger charge is -2.05. The SMILES string of the molecule is Cc1noc(C)c1CNC(=O)c1ccc2cn[nH]c2c1. The quantitative estimate of drug-likeness (QED) is 0.763. The Morgan fingerprint density at radius 2 is 2.25 bits per heavy atom. The Morgan fingerprint density at radius 3 is 3.00 bits per heavy atom. The Labute approximate surface area is 115 Å². The number of rotatable bonds is 3. The van der Waals surface area contributed by atoms with Crippen LogP contribution in [0.2, 0.25) is 0 Å². The molecule has 3 aromatic rings. The van der Waals surface area contributed by atoms with Gasteiger partial charge in [-0.25, -0.2) is 0 Å². The van der Waals surface area contributed by atoms with Gasteiger partial charge in [-0.3, -0.25) is 9.89 Å². The second-order valence-electron chi connectivity index (χ2n) is 4.66. The molecule has 3 rings (SSSR count). The molecule has 1 aromatic carbocycles. The van der Waals surface area contributed by atoms with Crippen molar-refractivity contribution in [3.63, 3.8) is 0 Å². The number of hydrogen-bond donors (Lipinski definition) is 2. The number of benzene rings is 1. The van der Waals surface area contributed by atoms with E-state index >= 15 is 0 Å². The minimum atomic E-state index is -0.137. The van der Waals surface area contributed by atoms with Gasteiger partial charge in [0, 0.05) is 23.1 Å². The summed E-state index contributed by atoms with van der Waals surface area (Å²) >= 11 is 0. The number of carbonyl (C=O) groups is 1. The van der Waals surface area contributed by atoms with Crippen LogP contribution in [0.15, 0.2) is 28.9 Å². The summed E-state index contributed by atoms with van der Waals surface area (Å²) in [6.45, 7) is 4.09. The second kappa shape index (κ2) is 4.80. The maximum atomic E-state index is 12.1. The first-order valence-electron chi connectivity index (χ1n) is 6.28. The van der Waals surface area contributed by atoms with Gasteiger partial charge in [0.25, 0.3) is 5.91 Å². The smallest absolute Gasteiger partial charge is 0.251 e. The molecule has 0 spiro atoms. The highest BCUT2D eigenvalue weighted by Crippen LogP contribution is 2.14. The first-order valence-corrected chi connectivity index (χ1v) is 6.28. The van der Waals surface area contributed by atoms with Crippen LogP contribution in [-0.4, -0.2) is 21.3 Å². The second-order valence-corrected chi connectivity index (χ2v) is 4.66. The van der Waals surface area contributed by atoms with Crippen molar-refractivity contribution >= 4 is 16.8 Å². The van der Waals surface area contributed by atoms with Crippen molar-refractivity contribution in [3.8, 4) is 0 Å². The molecule has 0 bridgehead atoms. The number of aromatic amines is 1. The highest BCUT2D eigenvalue weighted by atomic mass is 16.5. The van der Waals surface area contributed by atoms with E-state index in [9.17, 15) is 4.79 Å². The molecule has 20 heavy (non-hydrogen) atoms. The highest BCUT2D eigenvalue weighted by molar-refractivity contribution is 5.97. The summed E-state index contributed by atoms with van der Waals surface area (Å²) in [4.78, 5) is 12.1. The summed E-state index contributed by atoms with van der Waals surface area (Å²) in [7, 11) is 0. The van der Waals surface area contributed by atoms with E-state index in [1.54, 1.807) is 18.3 Å². The Hall–Kier alpha value is -2.63. The fourth-order valence-electron chi connectivity index (χ4n) is 2.10. The maximum Gasteiger partial charge on any atom is 0.251 e. The third-order valence-corrected chi connectivity index (χ3v) is 3.31. The van der Waals surface area contributed by atoms with Crippen molar-refractivity contribution in [1.29, 1.82) is 0 Å². The first kappa shape index (κ1) is 12.4. The zero-order valence-electron chi connectivity index (χ0n) is 11.2. The predicted molar refractivity (Wildman–Crippen MR) is 73.2 cm³/mol. The number of fused-ring (bicyclic) bond motifs is 1. The van der Waals surface area contributed by atoms with E-state index in [2.05, 4.69) is 20.7 Å². The molecule has 0 aliphatic heterocycles. The van der Waals surface area contributed by atoms with E-state index in [4.69, 9.17) is 4.52 Å². The van der Waals surface area contributed by atoms with Gasteiger partial charge in [0.1, 0.15) is 5.76 Å². The number of nitrogens with one attached hydrogen (secondary N) is 2. The van der Waals surface area contributed by atoms with Crippen molar-refractivity contribution in [3.05, 3.63) is 47.0 Å². The molecule has 0 aliphatic rings. The minimum Gasteiger partial charge on any atom is -0.361 e. The number of aromatic nitrogens is 3. The van der Waals surface area contributed by atoms with E-state index in [1.807, 2.05) is 19.9 Å². The monoisotopic (exact) mass is 270 g/mol. The lowest BCUT2D eigenvalue weighted by molar-refractivity contribution is 0.0951. The summed E-state index contributed by atoms with van der Waals surface area (Å²) in [5.41, 5.74) is 3.15. The Bertz CT molecular complexity index is 753. The third kappa shape index (κ3) is 2.16. The molecule has 102 valence electrons. The predicted octanol–water partition coefficient (Wildman–Crippen LogP) is 2.10. The van der Waals surface area contributed by atoms with Crippen molar-refractivity contribution in [2.75, 3.05) is 0 Å². The third-order valence-electron chi connectivity index (χ3n) is 3.31. The number of carbonyl (C=O) groups excluding carboxylic acids is 1. The molecule has 0 fully saturated rings. The topological polar surface area (TPSA) is 83.8 Å². The molecule has 2 heterocycles. The molecule has 0 atom stereocenters. The van der Waals surface area contributed by atoms with Gasteiger partial charge >= 0.3 is 0 Å². The average Bonchev–Trinajstić information content (AvgIpc) is 3.03. The first-order chi connectivity index (χ1) is 9.65. The molecule has 0 unspecified atom stereocenters. The molecule has 0 aliphatic carbocycles. The summed E-state index contributed by atoms with van der Waals surface area (Å²) in [6.07, 6.45) is 1.72. The number of H-pyrrole nitrogens is 1. The lowest BCUT2D eigenvalue weighted by Crippen LogP contribution is -2.23. The molecular formula is C14H14N4O2. The number of hydrogen-bond acceptors (Lipinski definition) is 4. The minimum absolute atomic E-state index is 0.137. The van der Waals surface area contributed by atoms with E-state index in [-0.39, 0.29) is 5.91 Å². The molecule has 0 saturated carbocycles. The Balaban J connectivity index is 1.76. The zero-order chi connectivity index (χ0) is 14.1. The largest absolute Gasteiger partial charge is 0.361 e. The maximum absolute atomic E-state index is 12.1. The molecule has 2 aromatic heterocycles. The van der Waals surface area contributed by atoms with E-state index in [0.717, 1.165) is 27.9 Å². The van der Waals surface area contributed by atoms with Crippen LogP contribution in [0, 0.1) is 13.8 Å². The van der Waals surface area contributed by atoms with E-state index in [0.29, 0.717) is 12.1 Å². The number of amides is 1. The normalized spacial score (nSPS) is 10.9. The van der Waals surface area contributed by atoms with E-state index < -0.39 is 0 Å². The molecule has 1 amide bonds. The Morgan fingerprint density at radius 1 is 1.40 bits per heavy atom. The summed E-state index contributed by atoms with van der Waals surface area (Å²) in [6, 6.07) is 5.43. The average molecular weight is 270 g/mol. The Kier molecular flexibility index (Phi) is 2.98. The van der Waals surface area contributed by atoms with Crippen LogP contribution >= 0.6 is 0 Å². The van der Waals surface area contributed by atoms with Crippen molar-refractivity contribution in [2.24, 2.45) is 0 Å². The van der Waals surface area contributed by atoms with Crippen molar-refractivity contribution in [1.82, 2.24) is 20.7 Å². The van der Waals surface area contributed by atoms with Crippen molar-refractivity contribution < 1.29 is 9.32 Å². The van der Waals surface area contributed by atoms with E-state index in [1.165, 1.54) is 0 Å². The number of aryl methyl sites for hydroxylation is 2. The van der Waals surface area contributed by atoms with Crippen LogP contribution in [-0.2, 0) is 6.54 Å². The van der Waals surface area contributed by atoms with Crippen LogP contribution in [0.25, 0.3) is 10.9 Å². The van der Waals surface area contributed by atoms with Gasteiger partial charge < -0.3 is 9.84 Å². The van der Waals surface area contributed by atoms with Crippen LogP contribution in [0.1, 0.15) is 27.4 Å². The zero-order valence-corrected chi connectivity index (χ0v) is 11.2. The van der Waals surface area contributed by atoms with Gasteiger partial charge in [0.05, 0.1) is 17.4 Å². The van der Waals surface area contributed by atoms with Gasteiger partial charge in [0.2, 0.25) is 0 Å². The van der Waals surface area contributed by atoms with Crippen LogP contribution in [0.5, 0.6) is 0 Å². The standard InChI is InChI=1S/C14H14N4O2/c1-8-12(9(2)20-18-8)7-15-14(19)10-3-4-11-6-16-17-13(11)5-10/h3-6H,7H2,1-2H3,(H,15,19)(H,16,17). The van der Waals surface area contributed by atoms with Gasteiger partial charge in [0.15, 0.2) is 0 Å². The lowest BCUT2D eigenvalue weighted by atomic mass is 10.1. The summed E-state index contributed by atoms with van der Waals surface area (Å²) < 4.78 is 5.07. The van der Waals surface area contributed by atoms with Gasteiger partial charge in [-0.15, -0.1) is 0 Å². The molecule has 2 N–H and O–H groups in total. The summed E-state index contributed by atoms with van der Waals surface area (Å²) in [5.74, 6) is 0.591. The van der Waals surface area contributed by atoms with Gasteiger partial charge in [-0.1, -0.05) is 11.2 Å². The number of nitrogens with zero attached hydrogens (tertiary/aromatic N) is 2. The van der Waals surface area contributed by atoms with Crippen LogP contribution < -0.4 is 5.32 Å².